The molecule has 2 aromatic rings. The zero-order chi connectivity index (χ0) is 15.4. The van der Waals surface area contributed by atoms with E-state index in [1.807, 2.05) is 13.0 Å². The lowest BCUT2D eigenvalue weighted by Crippen LogP contribution is -2.11. The van der Waals surface area contributed by atoms with Crippen LogP contribution in [0, 0.1) is 12.7 Å². The fourth-order valence-corrected chi connectivity index (χ4v) is 2.38. The molecule has 1 heterocycles. The van der Waals surface area contributed by atoms with Crippen LogP contribution in [0.3, 0.4) is 0 Å². The molecule has 0 radical (unpaired) electrons. The summed E-state index contributed by atoms with van der Waals surface area (Å²) in [4.78, 5) is 8.28. The van der Waals surface area contributed by atoms with Crippen LogP contribution < -0.4 is 5.32 Å². The van der Waals surface area contributed by atoms with Gasteiger partial charge >= 0.3 is 0 Å². The molecule has 5 heteroatoms. The molecular formula is C16H19ClFN3. The lowest BCUT2D eigenvalue weighted by molar-refractivity contribution is 0.614. The van der Waals surface area contributed by atoms with Gasteiger partial charge in [-0.3, -0.25) is 0 Å². The lowest BCUT2D eigenvalue weighted by Gasteiger charge is -2.18. The number of halogens is 2. The topological polar surface area (TPSA) is 37.8 Å². The van der Waals surface area contributed by atoms with E-state index in [9.17, 15) is 4.39 Å². The van der Waals surface area contributed by atoms with Gasteiger partial charge in [0.05, 0.1) is 6.04 Å². The molecule has 0 bridgehead atoms. The van der Waals surface area contributed by atoms with Crippen LogP contribution >= 0.6 is 11.6 Å². The van der Waals surface area contributed by atoms with Gasteiger partial charge in [0.2, 0.25) is 0 Å². The molecule has 1 atom stereocenters. The molecule has 21 heavy (non-hydrogen) atoms. The van der Waals surface area contributed by atoms with Crippen molar-refractivity contribution < 1.29 is 4.39 Å². The summed E-state index contributed by atoms with van der Waals surface area (Å²) in [5, 5.41) is 3.77. The number of nitrogens with zero attached hydrogens (tertiary/aromatic N) is 2. The maximum absolute atomic E-state index is 13.7. The molecule has 3 nitrogen and oxygen atoms in total. The molecule has 0 saturated carbocycles. The summed E-state index contributed by atoms with van der Waals surface area (Å²) >= 11 is 6.13. The van der Waals surface area contributed by atoms with Crippen LogP contribution in [0.5, 0.6) is 0 Å². The Hall–Kier alpha value is -1.68. The zero-order valence-corrected chi connectivity index (χ0v) is 13.2. The van der Waals surface area contributed by atoms with Gasteiger partial charge in [0, 0.05) is 5.56 Å². The van der Waals surface area contributed by atoms with Gasteiger partial charge in [0.1, 0.15) is 23.1 Å². The number of hydrogen-bond acceptors (Lipinski definition) is 3. The largest absolute Gasteiger partial charge is 0.363 e. The molecule has 112 valence electrons. The Bertz CT molecular complexity index is 631. The number of rotatable bonds is 5. The average molecular weight is 308 g/mol. The van der Waals surface area contributed by atoms with Gasteiger partial charge in [-0.2, -0.15) is 0 Å². The molecule has 2 rings (SSSR count). The summed E-state index contributed by atoms with van der Waals surface area (Å²) in [6.45, 7) is 5.79. The molecule has 1 N–H and O–H groups in total. The predicted molar refractivity (Wildman–Crippen MR) is 84.2 cm³/mol. The van der Waals surface area contributed by atoms with Crippen LogP contribution in [0.15, 0.2) is 24.5 Å². The Labute approximate surface area is 129 Å². The quantitative estimate of drug-likeness (QED) is 0.813. The van der Waals surface area contributed by atoms with Crippen molar-refractivity contribution in [2.45, 2.75) is 39.7 Å². The van der Waals surface area contributed by atoms with Gasteiger partial charge in [-0.25, -0.2) is 14.4 Å². The Kier molecular flexibility index (Phi) is 5.12. The van der Waals surface area contributed by atoms with E-state index in [-0.39, 0.29) is 11.9 Å². The Morgan fingerprint density at radius 1 is 1.33 bits per heavy atom. The molecule has 1 unspecified atom stereocenters. The monoisotopic (exact) mass is 307 g/mol. The highest BCUT2D eigenvalue weighted by atomic mass is 35.5. The first kappa shape index (κ1) is 15.7. The van der Waals surface area contributed by atoms with Crippen LogP contribution in [-0.4, -0.2) is 9.97 Å². The summed E-state index contributed by atoms with van der Waals surface area (Å²) in [6.07, 6.45) is 3.19. The van der Waals surface area contributed by atoms with Crippen molar-refractivity contribution in [1.29, 1.82) is 0 Å². The van der Waals surface area contributed by atoms with Crippen LogP contribution in [0.4, 0.5) is 10.2 Å². The maximum atomic E-state index is 13.7. The van der Waals surface area contributed by atoms with Gasteiger partial charge in [-0.1, -0.05) is 37.1 Å². The van der Waals surface area contributed by atoms with Crippen LogP contribution in [0.1, 0.15) is 43.0 Å². The minimum Gasteiger partial charge on any atom is -0.363 e. The van der Waals surface area contributed by atoms with Crippen molar-refractivity contribution in [3.63, 3.8) is 0 Å². The van der Waals surface area contributed by atoms with E-state index in [2.05, 4.69) is 22.2 Å². The molecule has 0 amide bonds. The van der Waals surface area contributed by atoms with Crippen LogP contribution in [-0.2, 0) is 6.42 Å². The van der Waals surface area contributed by atoms with Gasteiger partial charge in [0.25, 0.3) is 0 Å². The van der Waals surface area contributed by atoms with E-state index < -0.39 is 0 Å². The summed E-state index contributed by atoms with van der Waals surface area (Å²) < 4.78 is 13.7. The second-order valence-electron chi connectivity index (χ2n) is 5.12. The maximum Gasteiger partial charge on any atom is 0.137 e. The van der Waals surface area contributed by atoms with Gasteiger partial charge in [0.15, 0.2) is 0 Å². The van der Waals surface area contributed by atoms with Crippen molar-refractivity contribution in [3.8, 4) is 0 Å². The molecule has 0 aliphatic rings. The van der Waals surface area contributed by atoms with Gasteiger partial charge < -0.3 is 5.32 Å². The van der Waals surface area contributed by atoms with Crippen molar-refractivity contribution in [2.75, 3.05) is 5.32 Å². The van der Waals surface area contributed by atoms with Gasteiger partial charge in [-0.05, 0) is 37.5 Å². The summed E-state index contributed by atoms with van der Waals surface area (Å²) in [6, 6.07) is 5.18. The third-order valence-corrected chi connectivity index (χ3v) is 3.77. The molecular weight excluding hydrogens is 289 g/mol. The molecule has 0 spiro atoms. The molecule has 0 fully saturated rings. The summed E-state index contributed by atoms with van der Waals surface area (Å²) in [5.74, 6) is 0.515. The fourth-order valence-electron chi connectivity index (χ4n) is 2.15. The Morgan fingerprint density at radius 3 is 2.76 bits per heavy atom. The molecule has 1 aromatic heterocycles. The minimum absolute atomic E-state index is 0.0679. The van der Waals surface area contributed by atoms with E-state index in [4.69, 9.17) is 11.6 Å². The van der Waals surface area contributed by atoms with Crippen LogP contribution in [0.25, 0.3) is 0 Å². The minimum atomic E-state index is -0.198. The second-order valence-corrected chi connectivity index (χ2v) is 5.47. The zero-order valence-electron chi connectivity index (χ0n) is 12.5. The number of hydrogen-bond donors (Lipinski definition) is 1. The highest BCUT2D eigenvalue weighted by molar-refractivity contribution is 6.30. The van der Waals surface area contributed by atoms with E-state index >= 15 is 0 Å². The number of nitrogens with one attached hydrogen (secondary N) is 1. The van der Waals surface area contributed by atoms with Crippen molar-refractivity contribution in [1.82, 2.24) is 9.97 Å². The normalized spacial score (nSPS) is 12.2. The highest BCUT2D eigenvalue weighted by Crippen LogP contribution is 2.26. The first-order valence-corrected chi connectivity index (χ1v) is 7.42. The summed E-state index contributed by atoms with van der Waals surface area (Å²) in [5.41, 5.74) is 2.42. The van der Waals surface area contributed by atoms with E-state index in [1.54, 1.807) is 19.1 Å². The number of aryl methyl sites for hydroxylation is 1. The second kappa shape index (κ2) is 6.85. The number of benzene rings is 1. The van der Waals surface area contributed by atoms with Crippen LogP contribution in [0.2, 0.25) is 5.15 Å². The highest BCUT2D eigenvalue weighted by Gasteiger charge is 2.13. The van der Waals surface area contributed by atoms with E-state index in [1.165, 1.54) is 6.33 Å². The molecule has 0 aliphatic carbocycles. The predicted octanol–water partition coefficient (Wildman–Crippen LogP) is 4.70. The van der Waals surface area contributed by atoms with E-state index in [0.717, 1.165) is 24.0 Å². The third-order valence-electron chi connectivity index (χ3n) is 3.44. The first-order chi connectivity index (χ1) is 10.0. The SMILES string of the molecule is CCCc1c(Cl)ncnc1NC(C)c1ccc(C)c(F)c1. The number of anilines is 1. The Balaban J connectivity index is 2.24. The molecule has 0 saturated heterocycles. The van der Waals surface area contributed by atoms with Crippen molar-refractivity contribution in [2.24, 2.45) is 0 Å². The smallest absolute Gasteiger partial charge is 0.137 e. The van der Waals surface area contributed by atoms with Crippen molar-refractivity contribution >= 4 is 17.4 Å². The first-order valence-electron chi connectivity index (χ1n) is 7.04. The standard InChI is InChI=1S/C16H19ClFN3/c1-4-5-13-15(17)19-9-20-16(13)21-11(3)12-7-6-10(2)14(18)8-12/h6-9,11H,4-5H2,1-3H3,(H,19,20,21). The van der Waals surface area contributed by atoms with Gasteiger partial charge in [-0.15, -0.1) is 0 Å². The number of aromatic nitrogens is 2. The Morgan fingerprint density at radius 2 is 2.10 bits per heavy atom. The summed E-state index contributed by atoms with van der Waals surface area (Å²) in [7, 11) is 0. The van der Waals surface area contributed by atoms with Crippen molar-refractivity contribution in [3.05, 3.63) is 52.2 Å². The lowest BCUT2D eigenvalue weighted by atomic mass is 10.1. The molecule has 0 aliphatic heterocycles. The molecule has 1 aromatic carbocycles. The third kappa shape index (κ3) is 3.70. The fraction of sp³-hybridized carbons (Fsp3) is 0.375. The average Bonchev–Trinajstić information content (AvgIpc) is 2.45. The van der Waals surface area contributed by atoms with E-state index in [0.29, 0.717) is 16.5 Å².